The molecule has 2 aromatic carbocycles. The first kappa shape index (κ1) is 19.5. The van der Waals surface area contributed by atoms with Gasteiger partial charge in [-0.05, 0) is 42.8 Å². The number of carbonyl (C=O) groups excluding carboxylic acids is 2. The van der Waals surface area contributed by atoms with Crippen molar-refractivity contribution >= 4 is 28.9 Å². The van der Waals surface area contributed by atoms with E-state index >= 15 is 0 Å². The highest BCUT2D eigenvalue weighted by Gasteiger charge is 2.12. The summed E-state index contributed by atoms with van der Waals surface area (Å²) < 4.78 is 5.05. The lowest BCUT2D eigenvalue weighted by atomic mass is 10.1. The van der Waals surface area contributed by atoms with Gasteiger partial charge in [-0.1, -0.05) is 18.2 Å². The maximum Gasteiger partial charge on any atom is 0.291 e. The Hall–Kier alpha value is -4.27. The van der Waals surface area contributed by atoms with Gasteiger partial charge < -0.3 is 9.73 Å². The summed E-state index contributed by atoms with van der Waals surface area (Å²) in [6.45, 7) is 1.68. The van der Waals surface area contributed by atoms with E-state index in [1.165, 1.54) is 30.5 Å². The number of benzene rings is 2. The molecule has 0 aliphatic rings. The number of rotatable bonds is 6. The number of nitrogens with one attached hydrogen (secondary N) is 2. The minimum Gasteiger partial charge on any atom is -0.459 e. The molecule has 0 atom stereocenters. The molecule has 2 N–H and O–H groups in total. The fourth-order valence-electron chi connectivity index (χ4n) is 2.45. The Kier molecular flexibility index (Phi) is 5.79. The van der Waals surface area contributed by atoms with Crippen molar-refractivity contribution in [2.75, 3.05) is 5.32 Å². The van der Waals surface area contributed by atoms with Gasteiger partial charge >= 0.3 is 0 Å². The van der Waals surface area contributed by atoms with Gasteiger partial charge in [-0.15, -0.1) is 0 Å². The van der Waals surface area contributed by atoms with Crippen LogP contribution in [-0.2, 0) is 0 Å². The predicted octanol–water partition coefficient (Wildman–Crippen LogP) is 3.59. The molecule has 0 saturated heterocycles. The summed E-state index contributed by atoms with van der Waals surface area (Å²) in [6, 6.07) is 15.4. The SMILES string of the molecule is CC(=NNC(=O)c1cccc([N+](=O)[O-])c1)c1cccc(NC(=O)c2ccco2)c1. The van der Waals surface area contributed by atoms with Crippen LogP contribution < -0.4 is 10.7 Å². The van der Waals surface area contributed by atoms with E-state index in [1.54, 1.807) is 43.3 Å². The molecule has 29 heavy (non-hydrogen) atoms. The summed E-state index contributed by atoms with van der Waals surface area (Å²) in [7, 11) is 0. The van der Waals surface area contributed by atoms with Crippen LogP contribution in [0, 0.1) is 10.1 Å². The van der Waals surface area contributed by atoms with Gasteiger partial charge in [0.25, 0.3) is 17.5 Å². The quantitative estimate of drug-likeness (QED) is 0.376. The number of nitro benzene ring substituents is 1. The predicted molar refractivity (Wildman–Crippen MR) is 106 cm³/mol. The Balaban J connectivity index is 1.69. The van der Waals surface area contributed by atoms with Crippen LogP contribution in [-0.4, -0.2) is 22.4 Å². The van der Waals surface area contributed by atoms with Crippen molar-refractivity contribution in [1.29, 1.82) is 0 Å². The zero-order chi connectivity index (χ0) is 20.8. The minimum atomic E-state index is -0.576. The molecule has 0 unspecified atom stereocenters. The van der Waals surface area contributed by atoms with Crippen LogP contribution in [0.4, 0.5) is 11.4 Å². The van der Waals surface area contributed by atoms with Gasteiger partial charge in [-0.25, -0.2) is 5.43 Å². The van der Waals surface area contributed by atoms with E-state index in [2.05, 4.69) is 15.8 Å². The van der Waals surface area contributed by atoms with Crippen LogP contribution in [0.15, 0.2) is 76.4 Å². The summed E-state index contributed by atoms with van der Waals surface area (Å²) in [5.41, 5.74) is 3.99. The Bertz CT molecular complexity index is 1090. The second-order valence-electron chi connectivity index (χ2n) is 5.96. The molecule has 0 radical (unpaired) electrons. The Morgan fingerprint density at radius 2 is 1.76 bits per heavy atom. The van der Waals surface area contributed by atoms with E-state index in [0.717, 1.165) is 0 Å². The number of hydrazone groups is 1. The van der Waals surface area contributed by atoms with Crippen LogP contribution in [0.5, 0.6) is 0 Å². The topological polar surface area (TPSA) is 127 Å². The zero-order valence-corrected chi connectivity index (χ0v) is 15.3. The van der Waals surface area contributed by atoms with E-state index in [-0.39, 0.29) is 22.9 Å². The van der Waals surface area contributed by atoms with E-state index in [0.29, 0.717) is 17.0 Å². The van der Waals surface area contributed by atoms with Crippen molar-refractivity contribution in [3.63, 3.8) is 0 Å². The Labute approximate surface area is 165 Å². The van der Waals surface area contributed by atoms with Crippen molar-refractivity contribution in [2.24, 2.45) is 5.10 Å². The van der Waals surface area contributed by atoms with Gasteiger partial charge in [0.2, 0.25) is 0 Å². The van der Waals surface area contributed by atoms with E-state index < -0.39 is 10.8 Å². The van der Waals surface area contributed by atoms with Gasteiger partial charge in [0, 0.05) is 23.4 Å². The molecule has 0 bridgehead atoms. The third kappa shape index (κ3) is 4.92. The normalized spacial score (nSPS) is 11.0. The summed E-state index contributed by atoms with van der Waals surface area (Å²) >= 11 is 0. The Morgan fingerprint density at radius 3 is 2.48 bits per heavy atom. The van der Waals surface area contributed by atoms with Crippen LogP contribution in [0.25, 0.3) is 0 Å². The van der Waals surface area contributed by atoms with E-state index in [1.807, 2.05) is 0 Å². The van der Waals surface area contributed by atoms with Crippen LogP contribution >= 0.6 is 0 Å². The van der Waals surface area contributed by atoms with Gasteiger partial charge in [0.1, 0.15) is 0 Å². The first-order chi connectivity index (χ1) is 13.9. The lowest BCUT2D eigenvalue weighted by Crippen LogP contribution is -2.19. The molecule has 2 amide bonds. The van der Waals surface area contributed by atoms with Crippen molar-refractivity contribution in [3.05, 3.63) is 93.9 Å². The highest BCUT2D eigenvalue weighted by Crippen LogP contribution is 2.15. The first-order valence-electron chi connectivity index (χ1n) is 8.48. The minimum absolute atomic E-state index is 0.121. The van der Waals surface area contributed by atoms with Gasteiger partial charge in [0.15, 0.2) is 5.76 Å². The molecule has 9 nitrogen and oxygen atoms in total. The molecule has 0 saturated carbocycles. The number of amides is 2. The average molecular weight is 392 g/mol. The molecule has 3 aromatic rings. The lowest BCUT2D eigenvalue weighted by Gasteiger charge is -2.07. The highest BCUT2D eigenvalue weighted by molar-refractivity contribution is 6.04. The summed E-state index contributed by atoms with van der Waals surface area (Å²) in [5, 5.41) is 17.6. The first-order valence-corrected chi connectivity index (χ1v) is 8.48. The van der Waals surface area contributed by atoms with Gasteiger partial charge in [-0.3, -0.25) is 19.7 Å². The average Bonchev–Trinajstić information content (AvgIpc) is 3.27. The summed E-state index contributed by atoms with van der Waals surface area (Å²) in [5.74, 6) is -0.777. The summed E-state index contributed by atoms with van der Waals surface area (Å²) in [6.07, 6.45) is 1.41. The summed E-state index contributed by atoms with van der Waals surface area (Å²) in [4.78, 5) is 34.5. The second-order valence-corrected chi connectivity index (χ2v) is 5.96. The van der Waals surface area contributed by atoms with Crippen LogP contribution in [0.3, 0.4) is 0 Å². The van der Waals surface area contributed by atoms with E-state index in [4.69, 9.17) is 4.42 Å². The smallest absolute Gasteiger partial charge is 0.291 e. The van der Waals surface area contributed by atoms with Gasteiger partial charge in [0.05, 0.1) is 16.9 Å². The molecular formula is C20H16N4O5. The second kappa shape index (κ2) is 8.61. The number of hydrogen-bond donors (Lipinski definition) is 2. The fraction of sp³-hybridized carbons (Fsp3) is 0.0500. The maximum absolute atomic E-state index is 12.2. The monoisotopic (exact) mass is 392 g/mol. The molecular weight excluding hydrogens is 376 g/mol. The van der Waals surface area contributed by atoms with Crippen LogP contribution in [0.1, 0.15) is 33.4 Å². The number of furan rings is 1. The van der Waals surface area contributed by atoms with E-state index in [9.17, 15) is 19.7 Å². The zero-order valence-electron chi connectivity index (χ0n) is 15.3. The number of hydrogen-bond acceptors (Lipinski definition) is 6. The van der Waals surface area contributed by atoms with Crippen molar-refractivity contribution in [2.45, 2.75) is 6.92 Å². The molecule has 0 aliphatic heterocycles. The number of anilines is 1. The molecule has 9 heteroatoms. The standard InChI is InChI=1S/C20H16N4O5/c1-13(22-23-19(25)15-6-3-8-17(12-15)24(27)28)14-5-2-7-16(11-14)21-20(26)18-9-4-10-29-18/h2-12H,1H3,(H,21,26)(H,23,25). The highest BCUT2D eigenvalue weighted by atomic mass is 16.6. The fourth-order valence-corrected chi connectivity index (χ4v) is 2.45. The van der Waals surface area contributed by atoms with Gasteiger partial charge in [-0.2, -0.15) is 5.10 Å². The lowest BCUT2D eigenvalue weighted by molar-refractivity contribution is -0.384. The number of nitro groups is 1. The molecule has 0 spiro atoms. The number of nitrogens with zero attached hydrogens (tertiary/aromatic N) is 2. The van der Waals surface area contributed by atoms with Crippen molar-refractivity contribution in [1.82, 2.24) is 5.43 Å². The maximum atomic E-state index is 12.2. The third-order valence-electron chi connectivity index (χ3n) is 3.93. The Morgan fingerprint density at radius 1 is 1.00 bits per heavy atom. The molecule has 0 aliphatic carbocycles. The number of non-ortho nitro benzene ring substituents is 1. The molecule has 0 fully saturated rings. The third-order valence-corrected chi connectivity index (χ3v) is 3.93. The molecule has 146 valence electrons. The van der Waals surface area contributed by atoms with Crippen molar-refractivity contribution < 1.29 is 18.9 Å². The largest absolute Gasteiger partial charge is 0.459 e. The van der Waals surface area contributed by atoms with Crippen molar-refractivity contribution in [3.8, 4) is 0 Å². The number of carbonyl (C=O) groups is 2. The molecule has 1 aromatic heterocycles. The molecule has 1 heterocycles. The molecule has 3 rings (SSSR count). The van der Waals surface area contributed by atoms with Crippen LogP contribution in [0.2, 0.25) is 0 Å².